The van der Waals surface area contributed by atoms with Gasteiger partial charge in [0.15, 0.2) is 16.7 Å². The normalized spacial score (nSPS) is 16.2. The van der Waals surface area contributed by atoms with Gasteiger partial charge in [-0.25, -0.2) is 4.39 Å². The van der Waals surface area contributed by atoms with Crippen molar-refractivity contribution in [2.45, 2.75) is 39.4 Å². The topological polar surface area (TPSA) is 80.0 Å². The van der Waals surface area contributed by atoms with Crippen LogP contribution in [0.25, 0.3) is 10.8 Å². The fourth-order valence-electron chi connectivity index (χ4n) is 3.26. The Morgan fingerprint density at radius 3 is 2.66 bits per heavy atom. The second-order valence-corrected chi connectivity index (χ2v) is 8.07. The van der Waals surface area contributed by atoms with Gasteiger partial charge in [0, 0.05) is 31.7 Å². The molecule has 3 aromatic rings. The fourth-order valence-corrected chi connectivity index (χ4v) is 3.95. The molecular formula is C19H22FN7OS. The van der Waals surface area contributed by atoms with Crippen LogP contribution >= 0.6 is 11.5 Å². The van der Waals surface area contributed by atoms with Crippen LogP contribution in [0.5, 0.6) is 0 Å². The number of amides is 1. The third-order valence-electron chi connectivity index (χ3n) is 5.23. The van der Waals surface area contributed by atoms with Crippen molar-refractivity contribution in [1.29, 1.82) is 0 Å². The average Bonchev–Trinajstić information content (AvgIpc) is 3.35. The van der Waals surface area contributed by atoms with Crippen LogP contribution in [0.4, 0.5) is 10.3 Å². The van der Waals surface area contributed by atoms with Crippen molar-refractivity contribution in [2.24, 2.45) is 0 Å². The molecule has 0 bridgehead atoms. The molecule has 29 heavy (non-hydrogen) atoms. The predicted octanol–water partition coefficient (Wildman–Crippen LogP) is 3.00. The van der Waals surface area contributed by atoms with E-state index in [1.54, 1.807) is 4.90 Å². The number of halogens is 1. The molecule has 3 heterocycles. The highest BCUT2D eigenvalue weighted by molar-refractivity contribution is 7.09. The number of carbonyl (C=O) groups excluding carboxylic acids is 1. The number of hydrogen-bond donors (Lipinski definition) is 0. The molecule has 1 aromatic carbocycles. The first-order chi connectivity index (χ1) is 13.9. The maximum Gasteiger partial charge on any atom is 0.254 e. The minimum atomic E-state index is -0.364. The van der Waals surface area contributed by atoms with Gasteiger partial charge in [-0.05, 0) is 56.6 Å². The zero-order chi connectivity index (χ0) is 20.7. The minimum Gasteiger partial charge on any atom is -0.341 e. The molecule has 2 aromatic heterocycles. The van der Waals surface area contributed by atoms with E-state index in [4.69, 9.17) is 0 Å². The molecule has 0 aliphatic carbocycles. The Balaban J connectivity index is 1.59. The van der Waals surface area contributed by atoms with E-state index in [9.17, 15) is 9.18 Å². The van der Waals surface area contributed by atoms with Crippen LogP contribution in [-0.2, 0) is 6.54 Å². The van der Waals surface area contributed by atoms with E-state index >= 15 is 0 Å². The van der Waals surface area contributed by atoms with Crippen LogP contribution in [0.15, 0.2) is 24.3 Å². The van der Waals surface area contributed by atoms with Gasteiger partial charge in [-0.15, -0.1) is 10.2 Å². The Kier molecular flexibility index (Phi) is 5.03. The van der Waals surface area contributed by atoms with Crippen LogP contribution in [-0.4, -0.2) is 54.6 Å². The molecule has 0 radical (unpaired) electrons. The SMILES string of the molecule is CC(C)N(C)c1nsc(-c2nnc3n2CCN(C(=O)c2ccc(F)cc2)[C@@H]3C)n1. The predicted molar refractivity (Wildman–Crippen MR) is 108 cm³/mol. The smallest absolute Gasteiger partial charge is 0.254 e. The summed E-state index contributed by atoms with van der Waals surface area (Å²) in [6.45, 7) is 7.14. The molecule has 8 nitrogen and oxygen atoms in total. The summed E-state index contributed by atoms with van der Waals surface area (Å²) >= 11 is 1.29. The molecule has 0 unspecified atom stereocenters. The lowest BCUT2D eigenvalue weighted by molar-refractivity contribution is 0.0638. The number of fused-ring (bicyclic) bond motifs is 1. The summed E-state index contributed by atoms with van der Waals surface area (Å²) in [7, 11) is 1.96. The molecule has 0 fully saturated rings. The summed E-state index contributed by atoms with van der Waals surface area (Å²) in [5.41, 5.74) is 0.455. The third-order valence-corrected chi connectivity index (χ3v) is 5.94. The van der Waals surface area contributed by atoms with E-state index in [2.05, 4.69) is 33.4 Å². The summed E-state index contributed by atoms with van der Waals surface area (Å²) in [6.07, 6.45) is 0. The second-order valence-electron chi connectivity index (χ2n) is 7.32. The number of benzene rings is 1. The largest absolute Gasteiger partial charge is 0.341 e. The number of rotatable bonds is 4. The monoisotopic (exact) mass is 415 g/mol. The van der Waals surface area contributed by atoms with Crippen LogP contribution < -0.4 is 4.90 Å². The van der Waals surface area contributed by atoms with Crippen molar-refractivity contribution in [3.8, 4) is 10.8 Å². The van der Waals surface area contributed by atoms with Crippen LogP contribution in [0.3, 0.4) is 0 Å². The second kappa shape index (κ2) is 7.51. The Hall–Kier alpha value is -2.88. The highest BCUT2D eigenvalue weighted by Gasteiger charge is 2.33. The Labute approximate surface area is 172 Å². The number of nitrogens with zero attached hydrogens (tertiary/aromatic N) is 7. The quantitative estimate of drug-likeness (QED) is 0.652. The molecule has 0 saturated heterocycles. The van der Waals surface area contributed by atoms with Crippen molar-refractivity contribution >= 4 is 23.4 Å². The van der Waals surface area contributed by atoms with Gasteiger partial charge in [0.2, 0.25) is 5.95 Å². The fraction of sp³-hybridized carbons (Fsp3) is 0.421. The summed E-state index contributed by atoms with van der Waals surface area (Å²) in [4.78, 5) is 21.2. The standard InChI is InChI=1S/C19H22FN7OS/c1-11(2)25(4)19-21-17(29-24-19)16-23-22-15-12(3)26(9-10-27(15)16)18(28)13-5-7-14(20)8-6-13/h5-8,11-12H,9-10H2,1-4H3/t12-/m1/s1. The van der Waals surface area contributed by atoms with Crippen molar-refractivity contribution in [3.63, 3.8) is 0 Å². The first-order valence-electron chi connectivity index (χ1n) is 9.43. The van der Waals surface area contributed by atoms with E-state index in [1.165, 1.54) is 35.8 Å². The number of hydrogen-bond acceptors (Lipinski definition) is 7. The van der Waals surface area contributed by atoms with E-state index in [0.29, 0.717) is 41.3 Å². The zero-order valence-electron chi connectivity index (χ0n) is 16.7. The van der Waals surface area contributed by atoms with Gasteiger partial charge in [-0.2, -0.15) is 9.36 Å². The van der Waals surface area contributed by atoms with Crippen LogP contribution in [0, 0.1) is 5.82 Å². The van der Waals surface area contributed by atoms with Gasteiger partial charge in [-0.1, -0.05) is 0 Å². The molecule has 1 amide bonds. The zero-order valence-corrected chi connectivity index (χ0v) is 17.5. The highest BCUT2D eigenvalue weighted by atomic mass is 32.1. The molecule has 4 rings (SSSR count). The van der Waals surface area contributed by atoms with E-state index in [1.807, 2.05) is 23.4 Å². The molecule has 0 saturated carbocycles. The van der Waals surface area contributed by atoms with E-state index in [-0.39, 0.29) is 23.8 Å². The molecular weight excluding hydrogens is 393 g/mol. The van der Waals surface area contributed by atoms with Gasteiger partial charge in [0.25, 0.3) is 5.91 Å². The summed E-state index contributed by atoms with van der Waals surface area (Å²) in [5, 5.41) is 9.36. The lowest BCUT2D eigenvalue weighted by atomic mass is 10.1. The number of aromatic nitrogens is 5. The Morgan fingerprint density at radius 2 is 1.97 bits per heavy atom. The van der Waals surface area contributed by atoms with Gasteiger partial charge >= 0.3 is 0 Å². The molecule has 10 heteroatoms. The van der Waals surface area contributed by atoms with E-state index < -0.39 is 0 Å². The lowest BCUT2D eigenvalue weighted by Gasteiger charge is -2.33. The van der Waals surface area contributed by atoms with Gasteiger partial charge in [0.05, 0.1) is 6.04 Å². The number of anilines is 1. The maximum absolute atomic E-state index is 13.2. The maximum atomic E-state index is 13.2. The van der Waals surface area contributed by atoms with E-state index in [0.717, 1.165) is 0 Å². The Morgan fingerprint density at radius 1 is 1.24 bits per heavy atom. The molecule has 1 aliphatic rings. The highest BCUT2D eigenvalue weighted by Crippen LogP contribution is 2.31. The van der Waals surface area contributed by atoms with Gasteiger partial charge in [-0.3, -0.25) is 4.79 Å². The molecule has 0 spiro atoms. The third kappa shape index (κ3) is 3.48. The number of carbonyl (C=O) groups is 1. The molecule has 1 aliphatic heterocycles. The van der Waals surface area contributed by atoms with Crippen molar-refractivity contribution in [3.05, 3.63) is 41.5 Å². The molecule has 152 valence electrons. The summed E-state index contributed by atoms with van der Waals surface area (Å²) in [5.74, 6) is 1.52. The van der Waals surface area contributed by atoms with Crippen molar-refractivity contribution in [1.82, 2.24) is 29.0 Å². The first kappa shape index (κ1) is 19.4. The summed E-state index contributed by atoms with van der Waals surface area (Å²) in [6, 6.07) is 5.63. The van der Waals surface area contributed by atoms with Crippen LogP contribution in [0.1, 0.15) is 43.0 Å². The Bertz CT molecular complexity index is 1030. The minimum absolute atomic E-state index is 0.148. The molecule has 0 N–H and O–H groups in total. The van der Waals surface area contributed by atoms with Crippen molar-refractivity contribution in [2.75, 3.05) is 18.5 Å². The average molecular weight is 415 g/mol. The first-order valence-corrected chi connectivity index (χ1v) is 10.2. The van der Waals surface area contributed by atoms with Crippen LogP contribution in [0.2, 0.25) is 0 Å². The lowest BCUT2D eigenvalue weighted by Crippen LogP contribution is -2.41. The van der Waals surface area contributed by atoms with Gasteiger partial charge < -0.3 is 14.4 Å². The summed E-state index contributed by atoms with van der Waals surface area (Å²) < 4.78 is 19.6. The van der Waals surface area contributed by atoms with Gasteiger partial charge in [0.1, 0.15) is 5.82 Å². The van der Waals surface area contributed by atoms with Crippen molar-refractivity contribution < 1.29 is 9.18 Å². The molecule has 1 atom stereocenters.